The van der Waals surface area contributed by atoms with Crippen molar-refractivity contribution >= 4 is 17.9 Å². The van der Waals surface area contributed by atoms with Crippen molar-refractivity contribution in [3.8, 4) is 0 Å². The zero-order chi connectivity index (χ0) is 10.7. The first-order chi connectivity index (χ1) is 6.38. The zero-order valence-electron chi connectivity index (χ0n) is 8.60. The SMILES string of the molecule is [B][C@@H]1O[C@]2(CC)[C@H](C)C1N(C)S2(=O)=O. The highest BCUT2D eigenvalue weighted by Crippen LogP contribution is 2.51. The van der Waals surface area contributed by atoms with Crippen molar-refractivity contribution in [3.63, 3.8) is 0 Å². The van der Waals surface area contributed by atoms with E-state index < -0.39 is 21.0 Å². The molecule has 2 radical (unpaired) electrons. The van der Waals surface area contributed by atoms with Crippen molar-refractivity contribution in [2.45, 2.75) is 37.2 Å². The molecule has 0 spiro atoms. The Hall–Kier alpha value is -0.0651. The maximum Gasteiger partial charge on any atom is 0.244 e. The molecule has 4 nitrogen and oxygen atoms in total. The minimum absolute atomic E-state index is 0.0579. The highest BCUT2D eigenvalue weighted by Gasteiger charge is 2.67. The van der Waals surface area contributed by atoms with Crippen molar-refractivity contribution < 1.29 is 13.2 Å². The summed E-state index contributed by atoms with van der Waals surface area (Å²) < 4.78 is 30.8. The van der Waals surface area contributed by atoms with Crippen molar-refractivity contribution in [2.75, 3.05) is 7.05 Å². The van der Waals surface area contributed by atoms with Crippen LogP contribution in [-0.4, -0.2) is 44.6 Å². The van der Waals surface area contributed by atoms with Gasteiger partial charge in [-0.15, -0.1) is 0 Å². The summed E-state index contributed by atoms with van der Waals surface area (Å²) in [7, 11) is 4.01. The van der Waals surface area contributed by atoms with Gasteiger partial charge in [0.2, 0.25) is 10.0 Å². The maximum atomic E-state index is 12.0. The molecule has 14 heavy (non-hydrogen) atoms. The Kier molecular flexibility index (Phi) is 2.05. The van der Waals surface area contributed by atoms with Gasteiger partial charge in [0.1, 0.15) is 7.85 Å². The lowest BCUT2D eigenvalue weighted by molar-refractivity contribution is 0.0199. The fraction of sp³-hybridized carbons (Fsp3) is 1.00. The smallest absolute Gasteiger partial charge is 0.244 e. The van der Waals surface area contributed by atoms with Gasteiger partial charge in [0.15, 0.2) is 4.93 Å². The van der Waals surface area contributed by atoms with Gasteiger partial charge in [-0.2, -0.15) is 4.31 Å². The predicted molar refractivity (Wildman–Crippen MR) is 53.3 cm³/mol. The van der Waals surface area contributed by atoms with Crippen molar-refractivity contribution in [3.05, 3.63) is 0 Å². The quantitative estimate of drug-likeness (QED) is 0.573. The number of nitrogens with zero attached hydrogens (tertiary/aromatic N) is 1. The van der Waals surface area contributed by atoms with Crippen LogP contribution >= 0.6 is 0 Å². The Balaban J connectivity index is 2.57. The van der Waals surface area contributed by atoms with E-state index in [2.05, 4.69) is 0 Å². The van der Waals surface area contributed by atoms with E-state index in [1.54, 1.807) is 7.05 Å². The van der Waals surface area contributed by atoms with Crippen LogP contribution in [0.15, 0.2) is 0 Å². The van der Waals surface area contributed by atoms with Crippen molar-refractivity contribution in [1.82, 2.24) is 4.31 Å². The van der Waals surface area contributed by atoms with Crippen LogP contribution < -0.4 is 0 Å². The highest BCUT2D eigenvalue weighted by molar-refractivity contribution is 7.90. The minimum Gasteiger partial charge on any atom is -0.362 e. The fourth-order valence-electron chi connectivity index (χ4n) is 2.76. The third-order valence-corrected chi connectivity index (χ3v) is 6.24. The van der Waals surface area contributed by atoms with E-state index in [-0.39, 0.29) is 12.0 Å². The van der Waals surface area contributed by atoms with E-state index >= 15 is 0 Å². The number of fused-ring (bicyclic) bond motifs is 2. The second-order valence-corrected chi connectivity index (χ2v) is 6.27. The first-order valence-electron chi connectivity index (χ1n) is 4.79. The normalized spacial score (nSPS) is 51.2. The van der Waals surface area contributed by atoms with Crippen LogP contribution in [0.4, 0.5) is 0 Å². The molecule has 78 valence electrons. The maximum absolute atomic E-state index is 12.0. The van der Waals surface area contributed by atoms with E-state index in [9.17, 15) is 8.42 Å². The molecule has 0 saturated carbocycles. The van der Waals surface area contributed by atoms with Crippen LogP contribution in [0, 0.1) is 5.92 Å². The summed E-state index contributed by atoms with van der Waals surface area (Å²) in [5.74, 6) is -0.0579. The number of hydrogen-bond acceptors (Lipinski definition) is 3. The second-order valence-electron chi connectivity index (χ2n) is 4.05. The average molecular weight is 215 g/mol. The van der Waals surface area contributed by atoms with Crippen molar-refractivity contribution in [1.29, 1.82) is 0 Å². The van der Waals surface area contributed by atoms with Crippen LogP contribution in [0.3, 0.4) is 0 Å². The minimum atomic E-state index is -3.33. The Labute approximate surface area is 86.1 Å². The van der Waals surface area contributed by atoms with Crippen LogP contribution in [0.25, 0.3) is 0 Å². The van der Waals surface area contributed by atoms with E-state index in [1.807, 2.05) is 13.8 Å². The van der Waals surface area contributed by atoms with Gasteiger partial charge in [-0.1, -0.05) is 13.8 Å². The van der Waals surface area contributed by atoms with Gasteiger partial charge in [0.25, 0.3) is 0 Å². The Morgan fingerprint density at radius 1 is 1.57 bits per heavy atom. The first kappa shape index (κ1) is 10.5. The molecular weight excluding hydrogens is 201 g/mol. The molecule has 2 aliphatic rings. The van der Waals surface area contributed by atoms with Gasteiger partial charge in [0.05, 0.1) is 0 Å². The summed E-state index contributed by atoms with van der Waals surface area (Å²) in [6.07, 6.45) is 0.449. The van der Waals surface area contributed by atoms with Gasteiger partial charge in [-0.25, -0.2) is 8.42 Å². The zero-order valence-corrected chi connectivity index (χ0v) is 9.41. The number of ether oxygens (including phenoxy) is 1. The summed E-state index contributed by atoms with van der Waals surface area (Å²) in [6, 6.07) is -0.696. The monoisotopic (exact) mass is 215 g/mol. The summed E-state index contributed by atoms with van der Waals surface area (Å²) in [4.78, 5) is -1.08. The lowest BCUT2D eigenvalue weighted by atomic mass is 9.86. The van der Waals surface area contributed by atoms with Gasteiger partial charge in [-0.05, 0) is 6.42 Å². The lowest BCUT2D eigenvalue weighted by Gasteiger charge is -2.33. The molecular formula is C8H14BNO3S. The fourth-order valence-corrected chi connectivity index (χ4v) is 5.08. The third kappa shape index (κ3) is 0.852. The van der Waals surface area contributed by atoms with E-state index in [1.165, 1.54) is 4.31 Å². The third-order valence-electron chi connectivity index (χ3n) is 3.61. The number of hydrogen-bond donors (Lipinski definition) is 0. The van der Waals surface area contributed by atoms with E-state index in [0.29, 0.717) is 6.42 Å². The molecule has 2 saturated heterocycles. The number of sulfonamides is 1. The largest absolute Gasteiger partial charge is 0.362 e. The molecule has 0 amide bonds. The molecule has 0 N–H and O–H groups in total. The van der Waals surface area contributed by atoms with Gasteiger partial charge in [0, 0.05) is 25.0 Å². The van der Waals surface area contributed by atoms with Crippen LogP contribution in [0.1, 0.15) is 20.3 Å². The molecule has 6 heteroatoms. The molecule has 0 aromatic heterocycles. The molecule has 0 aliphatic carbocycles. The van der Waals surface area contributed by atoms with Crippen molar-refractivity contribution in [2.24, 2.45) is 5.92 Å². The summed E-state index contributed by atoms with van der Waals surface area (Å²) in [6.45, 7) is 3.71. The Morgan fingerprint density at radius 3 is 2.50 bits per heavy atom. The molecule has 0 aromatic carbocycles. The molecule has 2 heterocycles. The molecule has 2 bridgehead atoms. The first-order valence-corrected chi connectivity index (χ1v) is 6.23. The molecule has 2 fully saturated rings. The summed E-state index contributed by atoms with van der Waals surface area (Å²) in [5.41, 5.74) is 0. The number of likely N-dealkylation sites (N-methyl/N-ethyl adjacent to an activating group) is 1. The van der Waals surface area contributed by atoms with Gasteiger partial charge in [-0.3, -0.25) is 0 Å². The standard InChI is InChI=1S/C8H14BNO3S/c1-4-8-5(2)6(7(9)13-8)10(3)14(8,11)12/h5-7H,4H2,1-3H3/t5-,6?,7-,8+/m1/s1. The average Bonchev–Trinajstić information content (AvgIpc) is 2.43. The van der Waals surface area contributed by atoms with E-state index in [0.717, 1.165) is 0 Å². The van der Waals surface area contributed by atoms with Crippen LogP contribution in [-0.2, 0) is 14.8 Å². The Morgan fingerprint density at radius 2 is 2.14 bits per heavy atom. The molecule has 0 aromatic rings. The number of rotatable bonds is 1. The molecule has 2 rings (SSSR count). The summed E-state index contributed by atoms with van der Waals surface area (Å²) in [5, 5.41) is 0. The predicted octanol–water partition coefficient (Wildman–Crippen LogP) is -0.103. The molecule has 1 unspecified atom stereocenters. The molecule has 4 atom stereocenters. The van der Waals surface area contributed by atoms with Gasteiger partial charge >= 0.3 is 0 Å². The van der Waals surface area contributed by atoms with E-state index in [4.69, 9.17) is 12.6 Å². The summed E-state index contributed by atoms with van der Waals surface area (Å²) >= 11 is 0. The topological polar surface area (TPSA) is 46.6 Å². The van der Waals surface area contributed by atoms with Crippen LogP contribution in [0.5, 0.6) is 0 Å². The highest BCUT2D eigenvalue weighted by atomic mass is 32.2. The van der Waals surface area contributed by atoms with Gasteiger partial charge < -0.3 is 4.74 Å². The Bertz CT molecular complexity index is 358. The second kappa shape index (κ2) is 2.74. The van der Waals surface area contributed by atoms with Crippen LogP contribution in [0.2, 0.25) is 0 Å². The lowest BCUT2D eigenvalue weighted by Crippen LogP contribution is -2.49. The molecule has 2 aliphatic heterocycles.